The van der Waals surface area contributed by atoms with E-state index in [9.17, 15) is 18.0 Å². The highest BCUT2D eigenvalue weighted by molar-refractivity contribution is 7.13. The second-order valence-corrected chi connectivity index (χ2v) is 7.46. The lowest BCUT2D eigenvalue weighted by molar-refractivity contribution is -0.136. The first-order valence-electron chi connectivity index (χ1n) is 8.49. The van der Waals surface area contributed by atoms with E-state index in [0.717, 1.165) is 31.7 Å². The second-order valence-electron chi connectivity index (χ2n) is 6.51. The number of anilines is 1. The molecule has 0 unspecified atom stereocenters. The number of nitrogens with zero attached hydrogens (tertiary/aromatic N) is 1. The number of fused-ring (bicyclic) bond motifs is 1. The summed E-state index contributed by atoms with van der Waals surface area (Å²) >= 11 is 1.26. The SMILES string of the molecule is Nc1c(C(=O)NC2CCCC2)oc2nc(-c3cccs3)cc(C(F)(F)F)c12. The zero-order valence-electron chi connectivity index (χ0n) is 14.1. The van der Waals surface area contributed by atoms with E-state index in [0.29, 0.717) is 4.88 Å². The molecule has 1 saturated carbocycles. The Morgan fingerprint density at radius 2 is 2.07 bits per heavy atom. The van der Waals surface area contributed by atoms with Gasteiger partial charge in [-0.15, -0.1) is 11.3 Å². The third-order valence-corrected chi connectivity index (χ3v) is 5.57. The van der Waals surface area contributed by atoms with Crippen LogP contribution in [0.2, 0.25) is 0 Å². The predicted molar refractivity (Wildman–Crippen MR) is 96.5 cm³/mol. The van der Waals surface area contributed by atoms with Gasteiger partial charge in [0.25, 0.3) is 5.91 Å². The minimum absolute atomic E-state index is 0.0122. The third kappa shape index (κ3) is 3.27. The van der Waals surface area contributed by atoms with E-state index in [4.69, 9.17) is 10.2 Å². The first-order valence-corrected chi connectivity index (χ1v) is 9.37. The summed E-state index contributed by atoms with van der Waals surface area (Å²) in [6, 6.07) is 4.32. The average Bonchev–Trinajstić information content (AvgIpc) is 3.34. The molecule has 142 valence electrons. The van der Waals surface area contributed by atoms with Crippen molar-refractivity contribution in [1.29, 1.82) is 0 Å². The molecule has 9 heteroatoms. The molecule has 0 spiro atoms. The Labute approximate surface area is 156 Å². The quantitative estimate of drug-likeness (QED) is 0.666. The maximum Gasteiger partial charge on any atom is 0.417 e. The molecule has 3 aromatic heterocycles. The number of alkyl halides is 3. The van der Waals surface area contributed by atoms with E-state index in [1.54, 1.807) is 17.5 Å². The van der Waals surface area contributed by atoms with Crippen molar-refractivity contribution in [3.05, 3.63) is 34.9 Å². The Morgan fingerprint density at radius 3 is 2.70 bits per heavy atom. The van der Waals surface area contributed by atoms with Crippen LogP contribution in [0.25, 0.3) is 21.7 Å². The van der Waals surface area contributed by atoms with E-state index in [2.05, 4.69) is 10.3 Å². The van der Waals surface area contributed by atoms with Gasteiger partial charge in [-0.1, -0.05) is 18.9 Å². The van der Waals surface area contributed by atoms with Crippen LogP contribution >= 0.6 is 11.3 Å². The van der Waals surface area contributed by atoms with E-state index in [1.807, 2.05) is 0 Å². The van der Waals surface area contributed by atoms with Gasteiger partial charge >= 0.3 is 6.18 Å². The summed E-state index contributed by atoms with van der Waals surface area (Å²) in [5.74, 6) is -0.929. The molecule has 1 aliphatic rings. The second kappa shape index (κ2) is 6.56. The summed E-state index contributed by atoms with van der Waals surface area (Å²) in [7, 11) is 0. The molecule has 0 aliphatic heterocycles. The van der Waals surface area contributed by atoms with Gasteiger partial charge in [0.1, 0.15) is 0 Å². The number of hydrogen-bond acceptors (Lipinski definition) is 5. The van der Waals surface area contributed by atoms with E-state index < -0.39 is 17.6 Å². The Hall–Kier alpha value is -2.55. The number of nitrogens with two attached hydrogens (primary N) is 1. The molecule has 1 aliphatic carbocycles. The predicted octanol–water partition coefficient (Wildman–Crippen LogP) is 4.83. The third-order valence-electron chi connectivity index (χ3n) is 4.67. The van der Waals surface area contributed by atoms with Gasteiger partial charge in [-0.25, -0.2) is 4.98 Å². The maximum atomic E-state index is 13.6. The Bertz CT molecular complexity index is 990. The number of carbonyl (C=O) groups is 1. The molecule has 3 heterocycles. The van der Waals surface area contributed by atoms with Crippen molar-refractivity contribution in [2.45, 2.75) is 37.9 Å². The molecule has 0 atom stereocenters. The van der Waals surface area contributed by atoms with Crippen molar-refractivity contribution in [3.63, 3.8) is 0 Å². The lowest BCUT2D eigenvalue weighted by Gasteiger charge is -2.10. The van der Waals surface area contributed by atoms with Gasteiger partial charge in [0.15, 0.2) is 0 Å². The van der Waals surface area contributed by atoms with Crippen LogP contribution in [0.5, 0.6) is 0 Å². The van der Waals surface area contributed by atoms with Crippen molar-refractivity contribution < 1.29 is 22.4 Å². The summed E-state index contributed by atoms with van der Waals surface area (Å²) in [4.78, 5) is 17.2. The first kappa shape index (κ1) is 17.8. The van der Waals surface area contributed by atoms with Gasteiger partial charge in [-0.3, -0.25) is 4.79 Å². The summed E-state index contributed by atoms with van der Waals surface area (Å²) < 4.78 is 46.3. The molecule has 0 radical (unpaired) electrons. The fraction of sp³-hybridized carbons (Fsp3) is 0.333. The van der Waals surface area contributed by atoms with Gasteiger partial charge in [-0.2, -0.15) is 13.2 Å². The molecule has 27 heavy (non-hydrogen) atoms. The number of aromatic nitrogens is 1. The summed E-state index contributed by atoms with van der Waals surface area (Å²) in [5.41, 5.74) is 4.43. The normalized spacial score (nSPS) is 15.5. The molecule has 0 bridgehead atoms. The number of halogens is 3. The zero-order valence-corrected chi connectivity index (χ0v) is 14.9. The van der Waals surface area contributed by atoms with Crippen LogP contribution in [0.4, 0.5) is 18.9 Å². The average molecular weight is 395 g/mol. The van der Waals surface area contributed by atoms with Crippen LogP contribution in [0.1, 0.15) is 41.8 Å². The lowest BCUT2D eigenvalue weighted by Crippen LogP contribution is -2.32. The minimum Gasteiger partial charge on any atom is -0.430 e. The fourth-order valence-corrected chi connectivity index (χ4v) is 4.07. The minimum atomic E-state index is -4.66. The molecule has 5 nitrogen and oxygen atoms in total. The van der Waals surface area contributed by atoms with Crippen LogP contribution in [0.3, 0.4) is 0 Å². The van der Waals surface area contributed by atoms with Gasteiger partial charge in [0.05, 0.1) is 27.2 Å². The molecular weight excluding hydrogens is 379 g/mol. The van der Waals surface area contributed by atoms with Crippen LogP contribution in [0.15, 0.2) is 28.0 Å². The number of furan rings is 1. The highest BCUT2D eigenvalue weighted by atomic mass is 32.1. The molecule has 4 rings (SSSR count). The van der Waals surface area contributed by atoms with Gasteiger partial charge in [0, 0.05) is 6.04 Å². The van der Waals surface area contributed by atoms with E-state index in [-0.39, 0.29) is 34.3 Å². The van der Waals surface area contributed by atoms with Gasteiger partial charge < -0.3 is 15.5 Å². The zero-order chi connectivity index (χ0) is 19.2. The van der Waals surface area contributed by atoms with Crippen LogP contribution in [-0.4, -0.2) is 16.9 Å². The molecule has 0 aromatic carbocycles. The molecule has 1 amide bonds. The van der Waals surface area contributed by atoms with Crippen molar-refractivity contribution in [3.8, 4) is 10.6 Å². The standard InChI is InChI=1S/C18H16F3N3O2S/c19-18(20,21)10-8-11(12-6-3-7-27-12)24-17-13(10)14(22)15(26-17)16(25)23-9-4-1-2-5-9/h3,6-9H,1-2,4-5,22H2,(H,23,25). The summed E-state index contributed by atoms with van der Waals surface area (Å²) in [6.45, 7) is 0. The number of carbonyl (C=O) groups excluding carboxylic acids is 1. The van der Waals surface area contributed by atoms with Gasteiger partial charge in [0.2, 0.25) is 11.5 Å². The van der Waals surface area contributed by atoms with Crippen molar-refractivity contribution in [1.82, 2.24) is 10.3 Å². The smallest absolute Gasteiger partial charge is 0.417 e. The number of nitrogen functional groups attached to an aromatic ring is 1. The van der Waals surface area contributed by atoms with Crippen LogP contribution in [0, 0.1) is 0 Å². The number of hydrogen-bond donors (Lipinski definition) is 2. The van der Waals surface area contributed by atoms with Gasteiger partial charge in [-0.05, 0) is 30.4 Å². The monoisotopic (exact) mass is 395 g/mol. The topological polar surface area (TPSA) is 81.2 Å². The number of nitrogens with one attached hydrogen (secondary N) is 1. The Balaban J connectivity index is 1.83. The molecular formula is C18H16F3N3O2S. The first-order chi connectivity index (χ1) is 12.8. The molecule has 0 saturated heterocycles. The van der Waals surface area contributed by atoms with E-state index in [1.165, 1.54) is 11.3 Å². The number of amides is 1. The molecule has 3 aromatic rings. The Morgan fingerprint density at radius 1 is 1.33 bits per heavy atom. The Kier molecular flexibility index (Phi) is 4.33. The van der Waals surface area contributed by atoms with Crippen LogP contribution < -0.4 is 11.1 Å². The van der Waals surface area contributed by atoms with Crippen LogP contribution in [-0.2, 0) is 6.18 Å². The summed E-state index contributed by atoms with van der Waals surface area (Å²) in [6.07, 6.45) is -0.986. The number of pyridine rings is 1. The highest BCUT2D eigenvalue weighted by Gasteiger charge is 2.37. The number of thiophene rings is 1. The maximum absolute atomic E-state index is 13.6. The van der Waals surface area contributed by atoms with Crippen molar-refractivity contribution in [2.24, 2.45) is 0 Å². The highest BCUT2D eigenvalue weighted by Crippen LogP contribution is 2.41. The lowest BCUT2D eigenvalue weighted by atomic mass is 10.1. The van der Waals surface area contributed by atoms with Crippen molar-refractivity contribution in [2.75, 3.05) is 5.73 Å². The summed E-state index contributed by atoms with van der Waals surface area (Å²) in [5, 5.41) is 4.14. The largest absolute Gasteiger partial charge is 0.430 e. The van der Waals surface area contributed by atoms with Crippen molar-refractivity contribution >= 4 is 34.0 Å². The number of rotatable bonds is 3. The fourth-order valence-electron chi connectivity index (χ4n) is 3.38. The molecule has 3 N–H and O–H groups in total. The van der Waals surface area contributed by atoms with E-state index >= 15 is 0 Å². The molecule has 1 fully saturated rings.